The lowest BCUT2D eigenvalue weighted by molar-refractivity contribution is -0.134. The maximum absolute atomic E-state index is 9.84. The van der Waals surface area contributed by atoms with Gasteiger partial charge in [-0.1, -0.05) is 6.58 Å². The monoisotopic (exact) mass is 458 g/mol. The first-order chi connectivity index (χ1) is 14.7. The SMILES string of the molecule is C=CC(=O)OC.OCC(CO)(CO)COCC(CO)(CO)COCC(CO)(CO)CO. The summed E-state index contributed by atoms with van der Waals surface area (Å²) in [7, 11) is 1.31. The molecule has 0 fully saturated rings. The molecule has 0 saturated heterocycles. The Labute approximate surface area is 181 Å². The summed E-state index contributed by atoms with van der Waals surface area (Å²) in [5, 5.41) is 74.6. The van der Waals surface area contributed by atoms with Crippen LogP contribution in [0.15, 0.2) is 12.7 Å². The summed E-state index contributed by atoms with van der Waals surface area (Å²) >= 11 is 0. The highest BCUT2D eigenvalue weighted by Gasteiger charge is 2.35. The molecule has 0 amide bonds. The Bertz CT molecular complexity index is 414. The highest BCUT2D eigenvalue weighted by Crippen LogP contribution is 2.23. The highest BCUT2D eigenvalue weighted by molar-refractivity contribution is 5.80. The largest absolute Gasteiger partial charge is 0.466 e. The van der Waals surface area contributed by atoms with Gasteiger partial charge in [0.05, 0.1) is 103 Å². The molecule has 0 aromatic heterocycles. The minimum atomic E-state index is -1.24. The Hall–Kier alpha value is -1.19. The molecule has 0 aromatic rings. The van der Waals surface area contributed by atoms with Crippen LogP contribution in [-0.4, -0.2) is 133 Å². The van der Waals surface area contributed by atoms with E-state index in [9.17, 15) is 45.6 Å². The van der Waals surface area contributed by atoms with Crippen molar-refractivity contribution in [2.24, 2.45) is 16.2 Å². The van der Waals surface area contributed by atoms with Gasteiger partial charge < -0.3 is 55.1 Å². The van der Waals surface area contributed by atoms with Crippen molar-refractivity contribution in [2.75, 3.05) is 86.4 Å². The molecule has 0 aliphatic rings. The van der Waals surface area contributed by atoms with E-state index in [0.717, 1.165) is 6.08 Å². The van der Waals surface area contributed by atoms with Gasteiger partial charge in [-0.2, -0.15) is 0 Å². The van der Waals surface area contributed by atoms with Gasteiger partial charge in [0.25, 0.3) is 0 Å². The normalized spacial score (nSPS) is 12.2. The first kappa shape index (κ1) is 32.0. The topological polar surface area (TPSA) is 207 Å². The summed E-state index contributed by atoms with van der Waals surface area (Å²) < 4.78 is 14.8. The smallest absolute Gasteiger partial charge is 0.329 e. The van der Waals surface area contributed by atoms with E-state index >= 15 is 0 Å². The predicted molar refractivity (Wildman–Crippen MR) is 108 cm³/mol. The second-order valence-electron chi connectivity index (χ2n) is 7.48. The molecule has 0 bridgehead atoms. The second-order valence-corrected chi connectivity index (χ2v) is 7.48. The quantitative estimate of drug-likeness (QED) is 0.0782. The van der Waals surface area contributed by atoms with Crippen molar-refractivity contribution in [3.05, 3.63) is 12.7 Å². The average Bonchev–Trinajstić information content (AvgIpc) is 2.84. The van der Waals surface area contributed by atoms with E-state index in [-0.39, 0.29) is 26.4 Å². The Morgan fingerprint density at radius 3 is 1.06 bits per heavy atom. The maximum Gasteiger partial charge on any atom is 0.329 e. The molecular formula is C19H38O12. The fourth-order valence-electron chi connectivity index (χ4n) is 1.90. The van der Waals surface area contributed by atoms with Crippen LogP contribution in [0.3, 0.4) is 0 Å². The van der Waals surface area contributed by atoms with Gasteiger partial charge in [-0.05, 0) is 0 Å². The number of hydrogen-bond acceptors (Lipinski definition) is 12. The Kier molecular flexibility index (Phi) is 17.9. The lowest BCUT2D eigenvalue weighted by Gasteiger charge is -2.34. The number of methoxy groups -OCH3 is 1. The summed E-state index contributed by atoms with van der Waals surface area (Å²) in [5.41, 5.74) is -3.69. The molecule has 0 saturated carbocycles. The molecule has 0 spiro atoms. The molecule has 0 radical (unpaired) electrons. The third kappa shape index (κ3) is 11.3. The standard InChI is InChI=1S/C15H32O10.C4H6O2/c16-1-13(2-17,3-18)9-24-11-15(7-22,8-23)12-25-10-14(4-19,5-20)6-21;1-3-4(5)6-2/h16-23H,1-12H2;3H,1H2,2H3. The van der Waals surface area contributed by atoms with Crippen LogP contribution in [0, 0.1) is 16.2 Å². The van der Waals surface area contributed by atoms with Gasteiger partial charge >= 0.3 is 5.97 Å². The van der Waals surface area contributed by atoms with Crippen LogP contribution >= 0.6 is 0 Å². The number of hydrogen-bond donors (Lipinski definition) is 8. The number of aliphatic hydroxyl groups excluding tert-OH is 8. The van der Waals surface area contributed by atoms with Gasteiger partial charge in [0, 0.05) is 6.08 Å². The van der Waals surface area contributed by atoms with Gasteiger partial charge in [0.1, 0.15) is 0 Å². The summed E-state index contributed by atoms with van der Waals surface area (Å²) in [4.78, 5) is 9.84. The van der Waals surface area contributed by atoms with Crippen LogP contribution in [0.1, 0.15) is 0 Å². The third-order valence-corrected chi connectivity index (χ3v) is 4.68. The van der Waals surface area contributed by atoms with Crippen LogP contribution < -0.4 is 0 Å². The Morgan fingerprint density at radius 1 is 0.645 bits per heavy atom. The summed E-state index contributed by atoms with van der Waals surface area (Å²) in [6.45, 7) is -1.66. The zero-order valence-corrected chi connectivity index (χ0v) is 18.0. The van der Waals surface area contributed by atoms with Crippen molar-refractivity contribution in [1.29, 1.82) is 0 Å². The summed E-state index contributed by atoms with van der Waals surface area (Å²) in [5.74, 6) is -0.394. The first-order valence-electron chi connectivity index (χ1n) is 9.44. The fourth-order valence-corrected chi connectivity index (χ4v) is 1.90. The molecule has 0 atom stereocenters. The molecule has 0 rings (SSSR count). The molecule has 12 nitrogen and oxygen atoms in total. The average molecular weight is 459 g/mol. The first-order valence-corrected chi connectivity index (χ1v) is 9.44. The summed E-state index contributed by atoms with van der Waals surface area (Å²) in [6.07, 6.45) is 1.11. The molecule has 31 heavy (non-hydrogen) atoms. The molecule has 186 valence electrons. The third-order valence-electron chi connectivity index (χ3n) is 4.68. The predicted octanol–water partition coefficient (Wildman–Crippen LogP) is -3.74. The fraction of sp³-hybridized carbons (Fsp3) is 0.842. The van der Waals surface area contributed by atoms with Crippen molar-refractivity contribution in [2.45, 2.75) is 0 Å². The number of esters is 1. The van der Waals surface area contributed by atoms with Crippen LogP contribution in [0.25, 0.3) is 0 Å². The van der Waals surface area contributed by atoms with E-state index in [1.54, 1.807) is 0 Å². The van der Waals surface area contributed by atoms with Gasteiger partial charge in [-0.3, -0.25) is 0 Å². The number of aliphatic hydroxyl groups is 8. The van der Waals surface area contributed by atoms with Gasteiger partial charge in [0.2, 0.25) is 0 Å². The van der Waals surface area contributed by atoms with Gasteiger partial charge in [-0.25, -0.2) is 4.79 Å². The van der Waals surface area contributed by atoms with E-state index in [1.807, 2.05) is 0 Å². The van der Waals surface area contributed by atoms with Crippen LogP contribution in [0.4, 0.5) is 0 Å². The highest BCUT2D eigenvalue weighted by atomic mass is 16.5. The number of rotatable bonds is 17. The lowest BCUT2D eigenvalue weighted by Crippen LogP contribution is -2.45. The van der Waals surface area contributed by atoms with Crippen molar-refractivity contribution in [3.8, 4) is 0 Å². The molecule has 0 heterocycles. The molecule has 12 heteroatoms. The van der Waals surface area contributed by atoms with Gasteiger partial charge in [0.15, 0.2) is 0 Å². The maximum atomic E-state index is 9.84. The lowest BCUT2D eigenvalue weighted by atomic mass is 9.90. The molecule has 0 aromatic carbocycles. The van der Waals surface area contributed by atoms with E-state index < -0.39 is 75.1 Å². The number of carbonyl (C=O) groups is 1. The molecule has 0 aliphatic carbocycles. The van der Waals surface area contributed by atoms with E-state index in [1.165, 1.54) is 7.11 Å². The summed E-state index contributed by atoms with van der Waals surface area (Å²) in [6, 6.07) is 0. The van der Waals surface area contributed by atoms with Crippen molar-refractivity contribution < 1.29 is 59.9 Å². The van der Waals surface area contributed by atoms with Crippen LogP contribution in [0.2, 0.25) is 0 Å². The Morgan fingerprint density at radius 2 is 0.903 bits per heavy atom. The van der Waals surface area contributed by atoms with E-state index in [2.05, 4.69) is 11.3 Å². The van der Waals surface area contributed by atoms with Gasteiger partial charge in [-0.15, -0.1) is 0 Å². The van der Waals surface area contributed by atoms with E-state index in [4.69, 9.17) is 9.47 Å². The molecular weight excluding hydrogens is 420 g/mol. The zero-order valence-electron chi connectivity index (χ0n) is 18.0. The van der Waals surface area contributed by atoms with Crippen LogP contribution in [-0.2, 0) is 19.0 Å². The number of carbonyl (C=O) groups excluding carboxylic acids is 1. The molecule has 0 aliphatic heterocycles. The van der Waals surface area contributed by atoms with Crippen LogP contribution in [0.5, 0.6) is 0 Å². The van der Waals surface area contributed by atoms with E-state index in [0.29, 0.717) is 0 Å². The minimum absolute atomic E-state index is 0.188. The minimum Gasteiger partial charge on any atom is -0.466 e. The second kappa shape index (κ2) is 17.4. The number of ether oxygens (including phenoxy) is 3. The Balaban J connectivity index is 0. The van der Waals surface area contributed by atoms with Crippen molar-refractivity contribution in [3.63, 3.8) is 0 Å². The molecule has 8 N–H and O–H groups in total. The zero-order chi connectivity index (χ0) is 24.4. The van der Waals surface area contributed by atoms with Crippen molar-refractivity contribution >= 4 is 5.97 Å². The molecule has 0 unspecified atom stereocenters. The van der Waals surface area contributed by atoms with Crippen molar-refractivity contribution in [1.82, 2.24) is 0 Å².